The monoisotopic (exact) mass is 246 g/mol. The average Bonchev–Trinajstić information content (AvgIpc) is 2.70. The van der Waals surface area contributed by atoms with Gasteiger partial charge in [0.15, 0.2) is 5.78 Å². The highest BCUT2D eigenvalue weighted by Gasteiger charge is 2.16. The maximum absolute atomic E-state index is 12.2. The number of ketones is 1. The van der Waals surface area contributed by atoms with Gasteiger partial charge in [0, 0.05) is 18.8 Å². The second-order valence-electron chi connectivity index (χ2n) is 3.74. The molecule has 0 saturated carbocycles. The molecule has 0 saturated heterocycles. The molecule has 94 valence electrons. The van der Waals surface area contributed by atoms with Gasteiger partial charge in [0.05, 0.1) is 24.6 Å². The van der Waals surface area contributed by atoms with Crippen LogP contribution in [0.25, 0.3) is 0 Å². The van der Waals surface area contributed by atoms with E-state index in [0.29, 0.717) is 29.3 Å². The molecule has 0 radical (unpaired) electrons. The molecular formula is C12H14N4O2. The summed E-state index contributed by atoms with van der Waals surface area (Å²) in [6.07, 6.45) is 4.50. The first-order valence-electron chi connectivity index (χ1n) is 5.53. The van der Waals surface area contributed by atoms with Gasteiger partial charge in [-0.1, -0.05) is 0 Å². The van der Waals surface area contributed by atoms with Gasteiger partial charge in [-0.2, -0.15) is 5.10 Å². The van der Waals surface area contributed by atoms with E-state index in [2.05, 4.69) is 10.1 Å². The van der Waals surface area contributed by atoms with Crippen LogP contribution >= 0.6 is 0 Å². The summed E-state index contributed by atoms with van der Waals surface area (Å²) in [5.41, 5.74) is 6.57. The maximum atomic E-state index is 12.2. The number of carbonyl (C=O) groups excluding carboxylic acids is 1. The summed E-state index contributed by atoms with van der Waals surface area (Å²) in [7, 11) is 1.68. The van der Waals surface area contributed by atoms with Crippen LogP contribution in [-0.2, 0) is 7.05 Å². The molecule has 6 nitrogen and oxygen atoms in total. The number of hydrogen-bond acceptors (Lipinski definition) is 5. The molecule has 0 amide bonds. The molecule has 0 bridgehead atoms. The van der Waals surface area contributed by atoms with Gasteiger partial charge in [-0.3, -0.25) is 14.5 Å². The number of nitrogens with two attached hydrogens (primary N) is 1. The summed E-state index contributed by atoms with van der Waals surface area (Å²) in [4.78, 5) is 16.2. The zero-order valence-electron chi connectivity index (χ0n) is 10.3. The summed E-state index contributed by atoms with van der Waals surface area (Å²) in [5.74, 6) is 0.683. The number of hydrogen-bond donors (Lipinski definition) is 1. The molecule has 18 heavy (non-hydrogen) atoms. The van der Waals surface area contributed by atoms with E-state index in [0.717, 1.165) is 0 Å². The largest absolute Gasteiger partial charge is 0.492 e. The Morgan fingerprint density at radius 1 is 1.44 bits per heavy atom. The molecule has 2 aromatic rings. The number of pyridine rings is 1. The van der Waals surface area contributed by atoms with Crippen molar-refractivity contribution in [3.05, 3.63) is 35.8 Å². The van der Waals surface area contributed by atoms with Crippen molar-refractivity contribution >= 4 is 11.6 Å². The molecule has 0 fully saturated rings. The highest BCUT2D eigenvalue weighted by atomic mass is 16.5. The molecule has 2 N–H and O–H groups in total. The van der Waals surface area contributed by atoms with Crippen LogP contribution in [-0.4, -0.2) is 27.2 Å². The van der Waals surface area contributed by atoms with Crippen molar-refractivity contribution < 1.29 is 9.53 Å². The van der Waals surface area contributed by atoms with E-state index in [1.165, 1.54) is 17.1 Å². The number of rotatable bonds is 4. The van der Waals surface area contributed by atoms with E-state index in [-0.39, 0.29) is 5.78 Å². The van der Waals surface area contributed by atoms with Crippen LogP contribution in [0.2, 0.25) is 0 Å². The second-order valence-corrected chi connectivity index (χ2v) is 3.74. The van der Waals surface area contributed by atoms with Gasteiger partial charge in [0.25, 0.3) is 0 Å². The fourth-order valence-corrected chi connectivity index (χ4v) is 1.57. The van der Waals surface area contributed by atoms with E-state index in [1.807, 2.05) is 6.92 Å². The Morgan fingerprint density at radius 2 is 2.22 bits per heavy atom. The number of aryl methyl sites for hydroxylation is 1. The lowest BCUT2D eigenvalue weighted by molar-refractivity contribution is 0.103. The minimum Gasteiger partial charge on any atom is -0.492 e. The molecule has 0 aliphatic rings. The number of nitrogen functional groups attached to an aromatic ring is 1. The fourth-order valence-electron chi connectivity index (χ4n) is 1.57. The van der Waals surface area contributed by atoms with Crippen LogP contribution in [0.3, 0.4) is 0 Å². The van der Waals surface area contributed by atoms with Gasteiger partial charge >= 0.3 is 0 Å². The van der Waals surface area contributed by atoms with Gasteiger partial charge in [-0.25, -0.2) is 0 Å². The van der Waals surface area contributed by atoms with Crippen molar-refractivity contribution in [1.29, 1.82) is 0 Å². The number of carbonyl (C=O) groups is 1. The minimum absolute atomic E-state index is 0.213. The van der Waals surface area contributed by atoms with Gasteiger partial charge in [0.2, 0.25) is 0 Å². The van der Waals surface area contributed by atoms with Crippen molar-refractivity contribution in [1.82, 2.24) is 14.8 Å². The highest BCUT2D eigenvalue weighted by Crippen LogP contribution is 2.18. The Balaban J connectivity index is 2.34. The summed E-state index contributed by atoms with van der Waals surface area (Å²) < 4.78 is 6.75. The van der Waals surface area contributed by atoms with E-state index in [4.69, 9.17) is 10.5 Å². The van der Waals surface area contributed by atoms with Crippen molar-refractivity contribution in [3.8, 4) is 5.75 Å². The lowest BCUT2D eigenvalue weighted by Gasteiger charge is -2.04. The smallest absolute Gasteiger partial charge is 0.200 e. The molecule has 0 unspecified atom stereocenters. The molecule has 0 aromatic carbocycles. The van der Waals surface area contributed by atoms with Crippen molar-refractivity contribution in [3.63, 3.8) is 0 Å². The Bertz CT molecular complexity index is 577. The third-order valence-corrected chi connectivity index (χ3v) is 2.52. The first kappa shape index (κ1) is 12.1. The van der Waals surface area contributed by atoms with Crippen molar-refractivity contribution in [2.75, 3.05) is 12.3 Å². The predicted octanol–water partition coefficient (Wildman–Crippen LogP) is 1.03. The molecule has 0 aliphatic heterocycles. The first-order valence-corrected chi connectivity index (χ1v) is 5.53. The Labute approximate surface area is 104 Å². The molecular weight excluding hydrogens is 232 g/mol. The lowest BCUT2D eigenvalue weighted by Crippen LogP contribution is -2.06. The number of nitrogens with zero attached hydrogens (tertiary/aromatic N) is 3. The van der Waals surface area contributed by atoms with E-state index in [1.54, 1.807) is 19.3 Å². The van der Waals surface area contributed by atoms with E-state index in [9.17, 15) is 4.79 Å². The maximum Gasteiger partial charge on any atom is 0.200 e. The third-order valence-electron chi connectivity index (χ3n) is 2.52. The van der Waals surface area contributed by atoms with Gasteiger partial charge in [0.1, 0.15) is 11.6 Å². The molecule has 2 aromatic heterocycles. The number of anilines is 1. The minimum atomic E-state index is -0.213. The average molecular weight is 246 g/mol. The Kier molecular flexibility index (Phi) is 3.27. The summed E-state index contributed by atoms with van der Waals surface area (Å²) in [6.45, 7) is 2.39. The zero-order chi connectivity index (χ0) is 13.1. The van der Waals surface area contributed by atoms with E-state index < -0.39 is 0 Å². The first-order chi connectivity index (χ1) is 8.63. The van der Waals surface area contributed by atoms with Crippen molar-refractivity contribution in [2.45, 2.75) is 6.92 Å². The number of aromatic nitrogens is 3. The molecule has 0 aliphatic carbocycles. The second kappa shape index (κ2) is 4.87. The highest BCUT2D eigenvalue weighted by molar-refractivity contribution is 6.11. The lowest BCUT2D eigenvalue weighted by atomic mass is 10.1. The van der Waals surface area contributed by atoms with Gasteiger partial charge in [-0.05, 0) is 13.0 Å². The fraction of sp³-hybridized carbons (Fsp3) is 0.250. The Hall–Kier alpha value is -2.37. The van der Waals surface area contributed by atoms with Gasteiger partial charge < -0.3 is 10.5 Å². The van der Waals surface area contributed by atoms with E-state index >= 15 is 0 Å². The van der Waals surface area contributed by atoms with Crippen LogP contribution < -0.4 is 10.5 Å². The number of ether oxygens (including phenoxy) is 1. The van der Waals surface area contributed by atoms with Gasteiger partial charge in [-0.15, -0.1) is 0 Å². The molecule has 6 heteroatoms. The Morgan fingerprint density at radius 3 is 2.83 bits per heavy atom. The van der Waals surface area contributed by atoms with Crippen LogP contribution in [0.5, 0.6) is 5.75 Å². The summed E-state index contributed by atoms with van der Waals surface area (Å²) in [5, 5.41) is 3.94. The quantitative estimate of drug-likeness (QED) is 0.814. The molecule has 0 spiro atoms. The predicted molar refractivity (Wildman–Crippen MR) is 66.5 cm³/mol. The van der Waals surface area contributed by atoms with Crippen LogP contribution in [0.4, 0.5) is 5.82 Å². The molecule has 0 atom stereocenters. The van der Waals surface area contributed by atoms with Crippen LogP contribution in [0.1, 0.15) is 22.8 Å². The molecule has 2 heterocycles. The molecule has 2 rings (SSSR count). The van der Waals surface area contributed by atoms with Crippen molar-refractivity contribution in [2.24, 2.45) is 7.05 Å². The summed E-state index contributed by atoms with van der Waals surface area (Å²) in [6, 6.07) is 1.64. The van der Waals surface area contributed by atoms with Crippen LogP contribution in [0, 0.1) is 0 Å². The standard InChI is InChI=1S/C12H14N4O2/c1-3-18-9-4-8(5-14-6-9)11(17)10-7-15-16(2)12(10)13/h4-7H,3,13H2,1-2H3. The third kappa shape index (κ3) is 2.17. The topological polar surface area (TPSA) is 83.0 Å². The van der Waals surface area contributed by atoms with Crippen LogP contribution in [0.15, 0.2) is 24.7 Å². The summed E-state index contributed by atoms with van der Waals surface area (Å²) >= 11 is 0. The SMILES string of the molecule is CCOc1cncc(C(=O)c2cnn(C)c2N)c1. The normalized spacial score (nSPS) is 10.3. The zero-order valence-corrected chi connectivity index (χ0v) is 10.3.